The molecule has 1 rings (SSSR count). The van der Waals surface area contributed by atoms with E-state index in [1.54, 1.807) is 24.1 Å². The number of carbonyl (C=O) groups is 1. The average molecular weight is 278 g/mol. The van der Waals surface area contributed by atoms with Gasteiger partial charge in [-0.3, -0.25) is 9.69 Å². The molecule has 0 atom stereocenters. The zero-order valence-electron chi connectivity index (χ0n) is 13.0. The predicted molar refractivity (Wildman–Crippen MR) is 84.9 cm³/mol. The van der Waals surface area contributed by atoms with E-state index in [-0.39, 0.29) is 5.91 Å². The Bertz CT molecular complexity index is 416. The van der Waals surface area contributed by atoms with Crippen LogP contribution in [-0.4, -0.2) is 63.5 Å². The molecule has 1 aromatic rings. The molecule has 1 aromatic carbocycles. The summed E-state index contributed by atoms with van der Waals surface area (Å²) < 4.78 is 0. The molecule has 0 radical (unpaired) electrons. The van der Waals surface area contributed by atoms with Crippen molar-refractivity contribution in [2.45, 2.75) is 6.42 Å². The van der Waals surface area contributed by atoms with E-state index in [0.29, 0.717) is 12.2 Å². The average Bonchev–Trinajstić information content (AvgIpc) is 2.38. The lowest BCUT2D eigenvalue weighted by Gasteiger charge is -2.22. The number of hydrogen-bond donors (Lipinski definition) is 1. The monoisotopic (exact) mass is 278 g/mol. The standard InChI is InChI=1S/C15H26N4O/c1-17(2)10-5-11-18(3)12-15(20)19(4)14-8-6-13(16)7-9-14/h6-9H,5,10-12,16H2,1-4H3. The van der Waals surface area contributed by atoms with Crippen LogP contribution in [0.15, 0.2) is 24.3 Å². The van der Waals surface area contributed by atoms with Crippen LogP contribution < -0.4 is 10.6 Å². The van der Waals surface area contributed by atoms with Crippen LogP contribution in [0.5, 0.6) is 0 Å². The van der Waals surface area contributed by atoms with Crippen LogP contribution in [0, 0.1) is 0 Å². The number of anilines is 2. The summed E-state index contributed by atoms with van der Waals surface area (Å²) >= 11 is 0. The molecule has 0 heterocycles. The Morgan fingerprint density at radius 2 is 1.65 bits per heavy atom. The summed E-state index contributed by atoms with van der Waals surface area (Å²) in [6.07, 6.45) is 1.06. The van der Waals surface area contributed by atoms with Crippen LogP contribution >= 0.6 is 0 Å². The molecule has 0 fully saturated rings. The Morgan fingerprint density at radius 1 is 1.05 bits per heavy atom. The van der Waals surface area contributed by atoms with E-state index in [4.69, 9.17) is 5.73 Å². The number of rotatable bonds is 7. The van der Waals surface area contributed by atoms with Gasteiger partial charge in [0.1, 0.15) is 0 Å². The third-order valence-corrected chi connectivity index (χ3v) is 3.20. The van der Waals surface area contributed by atoms with Gasteiger partial charge in [-0.05, 0) is 64.9 Å². The number of likely N-dealkylation sites (N-methyl/N-ethyl adjacent to an activating group) is 2. The van der Waals surface area contributed by atoms with Gasteiger partial charge in [0.25, 0.3) is 0 Å². The Labute approximate surface area is 121 Å². The maximum atomic E-state index is 12.2. The molecule has 0 aromatic heterocycles. The molecule has 5 heteroatoms. The van der Waals surface area contributed by atoms with Crippen molar-refractivity contribution in [2.75, 3.05) is 58.5 Å². The van der Waals surface area contributed by atoms with Gasteiger partial charge in [-0.2, -0.15) is 0 Å². The van der Waals surface area contributed by atoms with E-state index in [9.17, 15) is 4.79 Å². The number of amides is 1. The summed E-state index contributed by atoms with van der Waals surface area (Å²) in [5, 5.41) is 0. The second-order valence-corrected chi connectivity index (χ2v) is 5.44. The highest BCUT2D eigenvalue weighted by atomic mass is 16.2. The molecule has 112 valence electrons. The van der Waals surface area contributed by atoms with Gasteiger partial charge >= 0.3 is 0 Å². The molecule has 0 saturated carbocycles. The van der Waals surface area contributed by atoms with Crippen molar-refractivity contribution in [1.29, 1.82) is 0 Å². The first-order chi connectivity index (χ1) is 9.40. The number of nitrogens with two attached hydrogens (primary N) is 1. The maximum absolute atomic E-state index is 12.2. The Balaban J connectivity index is 2.43. The molecular weight excluding hydrogens is 252 g/mol. The molecule has 0 spiro atoms. The fraction of sp³-hybridized carbons (Fsp3) is 0.533. The highest BCUT2D eigenvalue weighted by Gasteiger charge is 2.13. The number of benzene rings is 1. The zero-order valence-corrected chi connectivity index (χ0v) is 13.0. The lowest BCUT2D eigenvalue weighted by atomic mass is 10.2. The van der Waals surface area contributed by atoms with Crippen LogP contribution in [0.4, 0.5) is 11.4 Å². The van der Waals surface area contributed by atoms with Gasteiger partial charge in [0.2, 0.25) is 5.91 Å². The minimum atomic E-state index is 0.0853. The molecule has 20 heavy (non-hydrogen) atoms. The largest absolute Gasteiger partial charge is 0.399 e. The topological polar surface area (TPSA) is 52.8 Å². The summed E-state index contributed by atoms with van der Waals surface area (Å²) in [6, 6.07) is 7.33. The van der Waals surface area contributed by atoms with Gasteiger partial charge in [-0.1, -0.05) is 0 Å². The third-order valence-electron chi connectivity index (χ3n) is 3.20. The van der Waals surface area contributed by atoms with Crippen molar-refractivity contribution < 1.29 is 4.79 Å². The second-order valence-electron chi connectivity index (χ2n) is 5.44. The summed E-state index contributed by atoms with van der Waals surface area (Å²) in [4.78, 5) is 18.1. The molecule has 5 nitrogen and oxygen atoms in total. The molecule has 0 aliphatic rings. The normalized spacial score (nSPS) is 11.1. The van der Waals surface area contributed by atoms with E-state index in [1.165, 1.54) is 0 Å². The van der Waals surface area contributed by atoms with Gasteiger partial charge < -0.3 is 15.5 Å². The number of nitrogen functional groups attached to an aromatic ring is 1. The van der Waals surface area contributed by atoms with Crippen molar-refractivity contribution in [3.63, 3.8) is 0 Å². The summed E-state index contributed by atoms with van der Waals surface area (Å²) in [6.45, 7) is 2.38. The quantitative estimate of drug-likeness (QED) is 0.759. The number of nitrogens with zero attached hydrogens (tertiary/aromatic N) is 3. The van der Waals surface area contributed by atoms with Crippen LogP contribution in [0.25, 0.3) is 0 Å². The third kappa shape index (κ3) is 5.59. The molecule has 2 N–H and O–H groups in total. The second kappa shape index (κ2) is 7.87. The Kier molecular flexibility index (Phi) is 6.48. The van der Waals surface area contributed by atoms with Crippen LogP contribution in [-0.2, 0) is 4.79 Å². The van der Waals surface area contributed by atoms with Crippen molar-refractivity contribution in [2.24, 2.45) is 0 Å². The SMILES string of the molecule is CN(C)CCCN(C)CC(=O)N(C)c1ccc(N)cc1. The van der Waals surface area contributed by atoms with E-state index in [1.807, 2.05) is 19.2 Å². The van der Waals surface area contributed by atoms with Crippen molar-refractivity contribution >= 4 is 17.3 Å². The van der Waals surface area contributed by atoms with E-state index in [0.717, 1.165) is 25.2 Å². The molecule has 1 amide bonds. The Morgan fingerprint density at radius 3 is 2.20 bits per heavy atom. The highest BCUT2D eigenvalue weighted by Crippen LogP contribution is 2.14. The zero-order chi connectivity index (χ0) is 15.1. The van der Waals surface area contributed by atoms with Gasteiger partial charge in [-0.15, -0.1) is 0 Å². The van der Waals surface area contributed by atoms with Crippen molar-refractivity contribution in [1.82, 2.24) is 9.80 Å². The first-order valence-electron chi connectivity index (χ1n) is 6.85. The van der Waals surface area contributed by atoms with Gasteiger partial charge in [0.05, 0.1) is 6.54 Å². The van der Waals surface area contributed by atoms with E-state index in [2.05, 4.69) is 23.9 Å². The van der Waals surface area contributed by atoms with Crippen LogP contribution in [0.2, 0.25) is 0 Å². The van der Waals surface area contributed by atoms with Gasteiger partial charge in [-0.25, -0.2) is 0 Å². The molecule has 0 unspecified atom stereocenters. The lowest BCUT2D eigenvalue weighted by molar-refractivity contribution is -0.119. The molecule has 0 aliphatic carbocycles. The molecule has 0 bridgehead atoms. The van der Waals surface area contributed by atoms with Crippen molar-refractivity contribution in [3.8, 4) is 0 Å². The van der Waals surface area contributed by atoms with Crippen molar-refractivity contribution in [3.05, 3.63) is 24.3 Å². The Hall–Kier alpha value is -1.59. The molecule has 0 saturated heterocycles. The number of hydrogen-bond acceptors (Lipinski definition) is 4. The lowest BCUT2D eigenvalue weighted by Crippen LogP contribution is -2.37. The van der Waals surface area contributed by atoms with Gasteiger partial charge in [0.15, 0.2) is 0 Å². The van der Waals surface area contributed by atoms with Crippen LogP contribution in [0.3, 0.4) is 0 Å². The summed E-state index contributed by atoms with van der Waals surface area (Å²) in [7, 11) is 7.88. The first kappa shape index (κ1) is 16.5. The van der Waals surface area contributed by atoms with Gasteiger partial charge in [0, 0.05) is 18.4 Å². The smallest absolute Gasteiger partial charge is 0.240 e. The minimum Gasteiger partial charge on any atom is -0.399 e. The maximum Gasteiger partial charge on any atom is 0.240 e. The fourth-order valence-electron chi connectivity index (χ4n) is 1.91. The van der Waals surface area contributed by atoms with E-state index >= 15 is 0 Å². The highest BCUT2D eigenvalue weighted by molar-refractivity contribution is 5.94. The predicted octanol–water partition coefficient (Wildman–Crippen LogP) is 1.12. The number of carbonyl (C=O) groups excluding carboxylic acids is 1. The molecular formula is C15H26N4O. The minimum absolute atomic E-state index is 0.0853. The first-order valence-corrected chi connectivity index (χ1v) is 6.85. The fourth-order valence-corrected chi connectivity index (χ4v) is 1.91. The summed E-state index contributed by atoms with van der Waals surface area (Å²) in [5.41, 5.74) is 7.22. The molecule has 0 aliphatic heterocycles. The van der Waals surface area contributed by atoms with Crippen LogP contribution in [0.1, 0.15) is 6.42 Å². The van der Waals surface area contributed by atoms with E-state index < -0.39 is 0 Å². The summed E-state index contributed by atoms with van der Waals surface area (Å²) in [5.74, 6) is 0.0853.